The molecule has 0 aromatic carbocycles. The second-order valence-electron chi connectivity index (χ2n) is 9.31. The van der Waals surface area contributed by atoms with E-state index in [1.54, 1.807) is 12.4 Å². The summed E-state index contributed by atoms with van der Waals surface area (Å²) in [5.74, 6) is 0.622. The second-order valence-corrected chi connectivity index (χ2v) is 9.31. The molecule has 0 unspecified atom stereocenters. The van der Waals surface area contributed by atoms with Gasteiger partial charge in [0, 0.05) is 30.6 Å². The van der Waals surface area contributed by atoms with Crippen LogP contribution in [0.3, 0.4) is 0 Å². The van der Waals surface area contributed by atoms with Gasteiger partial charge in [0.2, 0.25) is 5.91 Å². The van der Waals surface area contributed by atoms with Crippen molar-refractivity contribution in [3.8, 4) is 0 Å². The summed E-state index contributed by atoms with van der Waals surface area (Å²) in [7, 11) is 0. The van der Waals surface area contributed by atoms with Gasteiger partial charge < -0.3 is 15.2 Å². The predicted octanol–water partition coefficient (Wildman–Crippen LogP) is 2.36. The third-order valence-corrected chi connectivity index (χ3v) is 7.06. The van der Waals surface area contributed by atoms with Crippen LogP contribution >= 0.6 is 0 Å². The minimum absolute atomic E-state index is 0.0953. The van der Waals surface area contributed by atoms with Gasteiger partial charge in [-0.05, 0) is 44.4 Å². The maximum atomic E-state index is 13.0. The highest BCUT2D eigenvalue weighted by molar-refractivity contribution is 6.06. The van der Waals surface area contributed by atoms with Crippen LogP contribution in [0.2, 0.25) is 0 Å². The van der Waals surface area contributed by atoms with Crippen molar-refractivity contribution in [1.82, 2.24) is 25.2 Å². The Morgan fingerprint density at radius 3 is 2.64 bits per heavy atom. The number of hydrogen-bond donors (Lipinski definition) is 2. The molecule has 1 aliphatic heterocycles. The quantitative estimate of drug-likeness (QED) is 0.834. The van der Waals surface area contributed by atoms with Crippen LogP contribution in [-0.4, -0.2) is 50.8 Å². The van der Waals surface area contributed by atoms with E-state index in [0.29, 0.717) is 28.1 Å². The topological polar surface area (TPSA) is 91.0 Å². The molecule has 2 aromatic heterocycles. The molecule has 7 nitrogen and oxygen atoms in total. The summed E-state index contributed by atoms with van der Waals surface area (Å²) in [4.78, 5) is 40.1. The first-order valence-electron chi connectivity index (χ1n) is 10.6. The van der Waals surface area contributed by atoms with Gasteiger partial charge in [-0.25, -0.2) is 9.97 Å². The van der Waals surface area contributed by atoms with E-state index in [4.69, 9.17) is 0 Å². The van der Waals surface area contributed by atoms with E-state index in [1.165, 1.54) is 19.3 Å². The van der Waals surface area contributed by atoms with Crippen LogP contribution in [0.1, 0.15) is 66.9 Å². The van der Waals surface area contributed by atoms with Crippen LogP contribution in [0.5, 0.6) is 0 Å². The molecule has 146 valence electrons. The molecule has 0 bridgehead atoms. The second kappa shape index (κ2) is 5.78. The first-order valence-corrected chi connectivity index (χ1v) is 10.6. The SMILES string of the molecule is O=C(N[C@@H](C(=O)N1CC2(CCC2)C1)C1CC1)c1c[nH]c2ncc(C3CC3)nc12. The number of amides is 2. The zero-order valence-corrected chi connectivity index (χ0v) is 15.9. The number of aromatic amines is 1. The molecular weight excluding hydrogens is 354 g/mol. The van der Waals surface area contributed by atoms with Crippen molar-refractivity contribution in [1.29, 1.82) is 0 Å². The number of rotatable bonds is 5. The van der Waals surface area contributed by atoms with Crippen molar-refractivity contribution in [2.24, 2.45) is 11.3 Å². The van der Waals surface area contributed by atoms with Crippen LogP contribution in [0.15, 0.2) is 12.4 Å². The summed E-state index contributed by atoms with van der Waals surface area (Å²) in [5, 5.41) is 3.03. The molecule has 2 N–H and O–H groups in total. The number of nitrogens with zero attached hydrogens (tertiary/aromatic N) is 3. The molecule has 7 heteroatoms. The Hall–Kier alpha value is -2.44. The molecule has 3 aliphatic carbocycles. The zero-order valence-electron chi connectivity index (χ0n) is 15.9. The molecule has 1 saturated heterocycles. The van der Waals surface area contributed by atoms with E-state index in [1.807, 2.05) is 4.90 Å². The minimum atomic E-state index is -0.408. The standard InChI is InChI=1S/C21H25N5O2/c27-19(14-8-22-18-17(14)24-15(9-23-18)12-2-3-12)25-16(13-4-5-13)20(28)26-10-21(11-26)6-1-7-21/h8-9,12-13,16H,1-7,10-11H2,(H,22,23)(H,25,27)/t16-/m1/s1. The maximum absolute atomic E-state index is 13.0. The summed E-state index contributed by atoms with van der Waals surface area (Å²) >= 11 is 0. The Morgan fingerprint density at radius 1 is 1.21 bits per heavy atom. The molecular formula is C21H25N5O2. The number of H-pyrrole nitrogens is 1. The van der Waals surface area contributed by atoms with Crippen molar-refractivity contribution >= 4 is 23.0 Å². The molecule has 4 fully saturated rings. The van der Waals surface area contributed by atoms with Crippen LogP contribution in [0, 0.1) is 11.3 Å². The molecule has 2 amide bonds. The van der Waals surface area contributed by atoms with Gasteiger partial charge in [-0.2, -0.15) is 0 Å². The van der Waals surface area contributed by atoms with E-state index in [9.17, 15) is 9.59 Å². The Bertz CT molecular complexity index is 962. The van der Waals surface area contributed by atoms with E-state index in [0.717, 1.165) is 44.5 Å². The number of likely N-dealkylation sites (tertiary alicyclic amines) is 1. The first-order chi connectivity index (χ1) is 13.6. The number of hydrogen-bond acceptors (Lipinski definition) is 4. The van der Waals surface area contributed by atoms with Gasteiger partial charge in [0.1, 0.15) is 11.6 Å². The lowest BCUT2D eigenvalue weighted by atomic mass is 9.63. The summed E-state index contributed by atoms with van der Waals surface area (Å²) in [6.45, 7) is 1.74. The highest BCUT2D eigenvalue weighted by atomic mass is 16.2. The lowest BCUT2D eigenvalue weighted by Gasteiger charge is -2.56. The fourth-order valence-corrected chi connectivity index (χ4v) is 4.79. The van der Waals surface area contributed by atoms with Crippen molar-refractivity contribution in [2.45, 2.75) is 56.9 Å². The average molecular weight is 379 g/mol. The number of fused-ring (bicyclic) bond motifs is 1. The van der Waals surface area contributed by atoms with Crippen LogP contribution in [-0.2, 0) is 4.79 Å². The number of carbonyl (C=O) groups excluding carboxylic acids is 2. The van der Waals surface area contributed by atoms with Gasteiger partial charge >= 0.3 is 0 Å². The Kier molecular flexibility index (Phi) is 3.41. The third kappa shape index (κ3) is 2.63. The summed E-state index contributed by atoms with van der Waals surface area (Å²) in [5.41, 5.74) is 3.09. The fraction of sp³-hybridized carbons (Fsp3) is 0.619. The number of aromatic nitrogens is 3. The van der Waals surface area contributed by atoms with Gasteiger partial charge in [-0.15, -0.1) is 0 Å². The lowest BCUT2D eigenvalue weighted by molar-refractivity contribution is -0.152. The predicted molar refractivity (Wildman–Crippen MR) is 103 cm³/mol. The van der Waals surface area contributed by atoms with Gasteiger partial charge in [0.15, 0.2) is 5.65 Å². The average Bonchev–Trinajstić information content (AvgIpc) is 3.53. The highest BCUT2D eigenvalue weighted by Crippen LogP contribution is 2.48. The molecule has 1 atom stereocenters. The lowest BCUT2D eigenvalue weighted by Crippen LogP contribution is -2.65. The molecule has 6 rings (SSSR count). The maximum Gasteiger partial charge on any atom is 0.255 e. The fourth-order valence-electron chi connectivity index (χ4n) is 4.79. The highest BCUT2D eigenvalue weighted by Gasteiger charge is 2.51. The largest absolute Gasteiger partial charge is 0.344 e. The monoisotopic (exact) mass is 379 g/mol. The Morgan fingerprint density at radius 2 is 2.00 bits per heavy atom. The van der Waals surface area contributed by atoms with Gasteiger partial charge in [-0.3, -0.25) is 9.59 Å². The van der Waals surface area contributed by atoms with Crippen LogP contribution in [0.25, 0.3) is 11.2 Å². The minimum Gasteiger partial charge on any atom is -0.344 e. The van der Waals surface area contributed by atoms with Gasteiger partial charge in [-0.1, -0.05) is 6.42 Å². The van der Waals surface area contributed by atoms with Crippen molar-refractivity contribution < 1.29 is 9.59 Å². The Balaban J connectivity index is 1.21. The summed E-state index contributed by atoms with van der Waals surface area (Å²) in [6, 6.07) is -0.408. The zero-order chi connectivity index (χ0) is 18.9. The molecule has 3 heterocycles. The molecule has 4 aliphatic rings. The smallest absolute Gasteiger partial charge is 0.255 e. The molecule has 28 heavy (non-hydrogen) atoms. The normalized spacial score (nSPS) is 23.9. The summed E-state index contributed by atoms with van der Waals surface area (Å²) < 4.78 is 0. The van der Waals surface area contributed by atoms with Gasteiger partial charge in [0.25, 0.3) is 5.91 Å². The van der Waals surface area contributed by atoms with Crippen molar-refractivity contribution in [3.63, 3.8) is 0 Å². The molecule has 1 spiro atoms. The van der Waals surface area contributed by atoms with E-state index >= 15 is 0 Å². The Labute approximate surface area is 163 Å². The molecule has 3 saturated carbocycles. The molecule has 2 aromatic rings. The van der Waals surface area contributed by atoms with E-state index < -0.39 is 6.04 Å². The van der Waals surface area contributed by atoms with Crippen LogP contribution < -0.4 is 5.32 Å². The third-order valence-electron chi connectivity index (χ3n) is 7.06. The number of carbonyl (C=O) groups is 2. The van der Waals surface area contributed by atoms with Gasteiger partial charge in [0.05, 0.1) is 17.5 Å². The first kappa shape index (κ1) is 16.5. The van der Waals surface area contributed by atoms with E-state index in [-0.39, 0.29) is 17.7 Å². The van der Waals surface area contributed by atoms with Crippen LogP contribution in [0.4, 0.5) is 0 Å². The van der Waals surface area contributed by atoms with Crippen molar-refractivity contribution in [2.75, 3.05) is 13.1 Å². The summed E-state index contributed by atoms with van der Waals surface area (Å²) in [6.07, 6.45) is 11.5. The molecule has 0 radical (unpaired) electrons. The number of nitrogens with one attached hydrogen (secondary N) is 2. The van der Waals surface area contributed by atoms with E-state index in [2.05, 4.69) is 20.3 Å². The van der Waals surface area contributed by atoms with Crippen molar-refractivity contribution in [3.05, 3.63) is 23.7 Å².